The number of carbonyl (C=O) groups excluding carboxylic acids is 2. The first-order chi connectivity index (χ1) is 10.2. The molecule has 4 rings (SSSR count). The lowest BCUT2D eigenvalue weighted by atomic mass is 10.0. The lowest BCUT2D eigenvalue weighted by molar-refractivity contribution is -0.120. The Balaban J connectivity index is 1.82. The van der Waals surface area contributed by atoms with E-state index in [1.807, 2.05) is 11.4 Å². The number of nitrogens with zero attached hydrogens (tertiary/aromatic N) is 2. The largest absolute Gasteiger partial charge is 0.332 e. The van der Waals surface area contributed by atoms with E-state index in [0.717, 1.165) is 12.0 Å². The zero-order chi connectivity index (χ0) is 14.6. The van der Waals surface area contributed by atoms with Crippen LogP contribution in [0.25, 0.3) is 0 Å². The van der Waals surface area contributed by atoms with Crippen LogP contribution in [0, 0.1) is 0 Å². The Kier molecular flexibility index (Phi) is 2.80. The smallest absolute Gasteiger partial charge is 0.307 e. The van der Waals surface area contributed by atoms with Crippen molar-refractivity contribution >= 4 is 40.6 Å². The number of hydrogen-bond acceptors (Lipinski definition) is 3. The van der Waals surface area contributed by atoms with Crippen LogP contribution < -0.4 is 4.90 Å². The molecule has 0 N–H and O–H groups in total. The van der Waals surface area contributed by atoms with E-state index in [1.54, 1.807) is 40.5 Å². The van der Waals surface area contributed by atoms with E-state index in [1.165, 1.54) is 9.78 Å². The molecule has 106 valence electrons. The molecule has 1 aromatic carbocycles. The van der Waals surface area contributed by atoms with Crippen molar-refractivity contribution in [2.24, 2.45) is 0 Å². The number of benzene rings is 1. The first-order valence-corrected chi connectivity index (χ1v) is 7.89. The predicted octanol–water partition coefficient (Wildman–Crippen LogP) is 3.47. The second kappa shape index (κ2) is 4.58. The number of urea groups is 1. The van der Waals surface area contributed by atoms with E-state index in [0.29, 0.717) is 17.3 Å². The number of fused-ring (bicyclic) bond motifs is 3. The molecule has 0 spiro atoms. The van der Waals surface area contributed by atoms with Crippen molar-refractivity contribution in [3.8, 4) is 0 Å². The summed E-state index contributed by atoms with van der Waals surface area (Å²) in [6.07, 6.45) is 0.804. The summed E-state index contributed by atoms with van der Waals surface area (Å²) in [5.74, 6) is -0.215. The second-order valence-electron chi connectivity index (χ2n) is 5.05. The predicted molar refractivity (Wildman–Crippen MR) is 81.8 cm³/mol. The minimum atomic E-state index is -0.497. The summed E-state index contributed by atoms with van der Waals surface area (Å²) in [5, 5.41) is 2.38. The van der Waals surface area contributed by atoms with E-state index >= 15 is 0 Å². The fourth-order valence-electron chi connectivity index (χ4n) is 2.99. The quantitative estimate of drug-likeness (QED) is 0.755. The van der Waals surface area contributed by atoms with Gasteiger partial charge in [-0.3, -0.25) is 4.79 Å². The normalized spacial score (nSPS) is 20.7. The third-order valence-electron chi connectivity index (χ3n) is 3.95. The zero-order valence-corrected chi connectivity index (χ0v) is 12.5. The molecule has 0 saturated carbocycles. The first-order valence-electron chi connectivity index (χ1n) is 6.64. The SMILES string of the molecule is O=C1C2c3ccsc3CCN2C(=O)N1c1ccccc1Cl. The molecule has 3 amide bonds. The Morgan fingerprint density at radius 1 is 1.19 bits per heavy atom. The van der Waals surface area contributed by atoms with Gasteiger partial charge in [0, 0.05) is 11.4 Å². The zero-order valence-electron chi connectivity index (χ0n) is 11.0. The molecule has 1 atom stereocenters. The Bertz CT molecular complexity index is 758. The molecule has 0 aliphatic carbocycles. The monoisotopic (exact) mass is 318 g/mol. The maximum absolute atomic E-state index is 12.8. The Morgan fingerprint density at radius 3 is 2.81 bits per heavy atom. The van der Waals surface area contributed by atoms with Crippen molar-refractivity contribution in [1.82, 2.24) is 4.90 Å². The van der Waals surface area contributed by atoms with E-state index in [9.17, 15) is 9.59 Å². The number of imide groups is 1. The number of amides is 3. The van der Waals surface area contributed by atoms with Crippen LogP contribution in [0.5, 0.6) is 0 Å². The Morgan fingerprint density at radius 2 is 2.00 bits per heavy atom. The number of hydrogen-bond donors (Lipinski definition) is 0. The van der Waals surface area contributed by atoms with Crippen molar-refractivity contribution in [2.45, 2.75) is 12.5 Å². The van der Waals surface area contributed by atoms with Crippen molar-refractivity contribution in [3.05, 3.63) is 51.2 Å². The minimum Gasteiger partial charge on any atom is -0.307 e. The lowest BCUT2D eigenvalue weighted by Gasteiger charge is -2.26. The molecule has 3 heterocycles. The van der Waals surface area contributed by atoms with E-state index in [2.05, 4.69) is 0 Å². The van der Waals surface area contributed by atoms with Gasteiger partial charge in [0.05, 0.1) is 10.7 Å². The second-order valence-corrected chi connectivity index (χ2v) is 6.46. The standard InChI is InChI=1S/C15H11ClN2O2S/c16-10-3-1-2-4-11(10)18-14(19)13-9-6-8-21-12(9)5-7-17(13)15(18)20/h1-4,6,8,13H,5,7H2. The molecule has 6 heteroatoms. The van der Waals surface area contributed by atoms with Gasteiger partial charge in [0.25, 0.3) is 5.91 Å². The highest BCUT2D eigenvalue weighted by Gasteiger charge is 2.49. The van der Waals surface area contributed by atoms with Crippen LogP contribution in [0.2, 0.25) is 5.02 Å². The molecule has 0 radical (unpaired) electrons. The van der Waals surface area contributed by atoms with Gasteiger partial charge in [-0.1, -0.05) is 23.7 Å². The highest BCUT2D eigenvalue weighted by atomic mass is 35.5. The molecular formula is C15H11ClN2O2S. The molecule has 4 nitrogen and oxygen atoms in total. The number of rotatable bonds is 1. The van der Waals surface area contributed by atoms with Crippen LogP contribution in [-0.2, 0) is 11.2 Å². The fourth-order valence-corrected chi connectivity index (χ4v) is 4.11. The van der Waals surface area contributed by atoms with Gasteiger partial charge in [-0.15, -0.1) is 11.3 Å². The molecule has 1 unspecified atom stereocenters. The molecule has 2 aliphatic heterocycles. The van der Waals surface area contributed by atoms with Gasteiger partial charge in [0.15, 0.2) is 0 Å². The fraction of sp³-hybridized carbons (Fsp3) is 0.200. The highest BCUT2D eigenvalue weighted by Crippen LogP contribution is 2.41. The third kappa shape index (κ3) is 1.74. The summed E-state index contributed by atoms with van der Waals surface area (Å²) in [7, 11) is 0. The van der Waals surface area contributed by atoms with E-state index in [-0.39, 0.29) is 11.9 Å². The maximum Gasteiger partial charge on any atom is 0.332 e. The third-order valence-corrected chi connectivity index (χ3v) is 5.27. The van der Waals surface area contributed by atoms with Crippen LogP contribution in [0.1, 0.15) is 16.5 Å². The molecular weight excluding hydrogens is 308 g/mol. The molecule has 21 heavy (non-hydrogen) atoms. The molecule has 2 aromatic rings. The topological polar surface area (TPSA) is 40.6 Å². The van der Waals surface area contributed by atoms with Crippen molar-refractivity contribution in [2.75, 3.05) is 11.4 Å². The van der Waals surface area contributed by atoms with E-state index in [4.69, 9.17) is 11.6 Å². The van der Waals surface area contributed by atoms with Crippen LogP contribution in [0.15, 0.2) is 35.7 Å². The van der Waals surface area contributed by atoms with Crippen LogP contribution in [0.3, 0.4) is 0 Å². The Labute approximate surface area is 130 Å². The number of carbonyl (C=O) groups is 2. The molecule has 2 aliphatic rings. The summed E-state index contributed by atoms with van der Waals surface area (Å²) in [6.45, 7) is 0.573. The molecule has 1 aromatic heterocycles. The van der Waals surface area contributed by atoms with Gasteiger partial charge in [-0.2, -0.15) is 0 Å². The maximum atomic E-state index is 12.8. The van der Waals surface area contributed by atoms with E-state index < -0.39 is 6.04 Å². The summed E-state index contributed by atoms with van der Waals surface area (Å²) >= 11 is 7.79. The summed E-state index contributed by atoms with van der Waals surface area (Å²) in [6, 6.07) is 8.10. The lowest BCUT2D eigenvalue weighted by Crippen LogP contribution is -2.36. The first kappa shape index (κ1) is 12.9. The van der Waals surface area contributed by atoms with Gasteiger partial charge < -0.3 is 4.90 Å². The van der Waals surface area contributed by atoms with Crippen molar-refractivity contribution < 1.29 is 9.59 Å². The van der Waals surface area contributed by atoms with Gasteiger partial charge in [0.2, 0.25) is 0 Å². The van der Waals surface area contributed by atoms with Crippen LogP contribution in [-0.4, -0.2) is 23.4 Å². The van der Waals surface area contributed by atoms with Crippen molar-refractivity contribution in [3.63, 3.8) is 0 Å². The molecule has 0 bridgehead atoms. The van der Waals surface area contributed by atoms with Gasteiger partial charge in [-0.05, 0) is 35.6 Å². The molecule has 1 fully saturated rings. The number of thiophene rings is 1. The average molecular weight is 319 g/mol. The summed E-state index contributed by atoms with van der Waals surface area (Å²) < 4.78 is 0. The van der Waals surface area contributed by atoms with Gasteiger partial charge >= 0.3 is 6.03 Å². The van der Waals surface area contributed by atoms with Crippen molar-refractivity contribution in [1.29, 1.82) is 0 Å². The average Bonchev–Trinajstić information content (AvgIpc) is 3.04. The number of halogens is 1. The summed E-state index contributed by atoms with van der Waals surface area (Å²) in [4.78, 5) is 29.4. The van der Waals surface area contributed by atoms with Gasteiger partial charge in [0.1, 0.15) is 6.04 Å². The highest BCUT2D eigenvalue weighted by molar-refractivity contribution is 7.10. The summed E-state index contributed by atoms with van der Waals surface area (Å²) in [5.41, 5.74) is 1.42. The Hall–Kier alpha value is -1.85. The number of para-hydroxylation sites is 1. The number of anilines is 1. The molecule has 1 saturated heterocycles. The minimum absolute atomic E-state index is 0.215. The van der Waals surface area contributed by atoms with Crippen LogP contribution >= 0.6 is 22.9 Å². The van der Waals surface area contributed by atoms with Gasteiger partial charge in [-0.25, -0.2) is 9.69 Å². The van der Waals surface area contributed by atoms with Crippen LogP contribution in [0.4, 0.5) is 10.5 Å².